The van der Waals surface area contributed by atoms with E-state index in [1.54, 1.807) is 18.2 Å². The van der Waals surface area contributed by atoms with E-state index in [0.29, 0.717) is 12.3 Å². The summed E-state index contributed by atoms with van der Waals surface area (Å²) in [5.74, 6) is -0.476. The Kier molecular flexibility index (Phi) is 5.79. The van der Waals surface area contributed by atoms with Gasteiger partial charge in [0, 0.05) is 6.54 Å². The number of ether oxygens (including phenoxy) is 1. The molecule has 1 amide bonds. The van der Waals surface area contributed by atoms with Crippen molar-refractivity contribution in [2.45, 2.75) is 44.6 Å². The largest absolute Gasteiger partial charge is 0.482 e. The summed E-state index contributed by atoms with van der Waals surface area (Å²) in [6, 6.07) is 15.4. The van der Waals surface area contributed by atoms with Crippen LogP contribution in [0.2, 0.25) is 0 Å². The van der Waals surface area contributed by atoms with Crippen LogP contribution >= 0.6 is 0 Å². The van der Waals surface area contributed by atoms with Crippen molar-refractivity contribution in [1.29, 1.82) is 0 Å². The number of aliphatic carboxylic acids is 1. The van der Waals surface area contributed by atoms with E-state index in [0.717, 1.165) is 42.4 Å². The Bertz CT molecular complexity index is 825. The minimum Gasteiger partial charge on any atom is -0.482 e. The van der Waals surface area contributed by atoms with Crippen LogP contribution in [0.3, 0.4) is 0 Å². The van der Waals surface area contributed by atoms with Crippen LogP contribution in [0, 0.1) is 6.92 Å². The lowest BCUT2D eigenvalue weighted by molar-refractivity contribution is -0.139. The zero-order chi connectivity index (χ0) is 19.3. The standard InChI is InChI=1S/C22H25NO4/c1-16-6-4-8-18(12-16)22(10-2-3-11-22)21(26)23-14-17-7-5-9-19(13-17)27-15-20(24)25/h4-9,12-13H,2-3,10-11,14-15H2,1H3,(H,23,26)(H,24,25). The van der Waals surface area contributed by atoms with E-state index in [4.69, 9.17) is 9.84 Å². The number of hydrogen-bond acceptors (Lipinski definition) is 3. The van der Waals surface area contributed by atoms with E-state index in [1.165, 1.54) is 0 Å². The van der Waals surface area contributed by atoms with Crippen molar-refractivity contribution in [2.75, 3.05) is 6.61 Å². The number of amides is 1. The van der Waals surface area contributed by atoms with Crippen molar-refractivity contribution >= 4 is 11.9 Å². The molecule has 5 heteroatoms. The Hall–Kier alpha value is -2.82. The molecule has 2 aromatic rings. The smallest absolute Gasteiger partial charge is 0.341 e. The summed E-state index contributed by atoms with van der Waals surface area (Å²) >= 11 is 0. The predicted molar refractivity (Wildman–Crippen MR) is 103 cm³/mol. The molecule has 1 aliphatic carbocycles. The highest BCUT2D eigenvalue weighted by Gasteiger charge is 2.42. The quantitative estimate of drug-likeness (QED) is 0.784. The van der Waals surface area contributed by atoms with Gasteiger partial charge in [-0.15, -0.1) is 0 Å². The lowest BCUT2D eigenvalue weighted by Gasteiger charge is -2.28. The molecule has 0 spiro atoms. The van der Waals surface area contributed by atoms with Gasteiger partial charge in [-0.1, -0.05) is 54.8 Å². The highest BCUT2D eigenvalue weighted by molar-refractivity contribution is 5.88. The number of rotatable bonds is 7. The van der Waals surface area contributed by atoms with Crippen LogP contribution in [0.5, 0.6) is 5.75 Å². The second kappa shape index (κ2) is 8.25. The van der Waals surface area contributed by atoms with Gasteiger partial charge in [0.25, 0.3) is 0 Å². The molecule has 0 atom stereocenters. The summed E-state index contributed by atoms with van der Waals surface area (Å²) in [4.78, 5) is 23.8. The van der Waals surface area contributed by atoms with Crippen molar-refractivity contribution in [1.82, 2.24) is 5.32 Å². The fraction of sp³-hybridized carbons (Fsp3) is 0.364. The van der Waals surface area contributed by atoms with Crippen molar-refractivity contribution in [3.8, 4) is 5.75 Å². The van der Waals surface area contributed by atoms with Gasteiger partial charge < -0.3 is 15.2 Å². The maximum Gasteiger partial charge on any atom is 0.341 e. The molecular weight excluding hydrogens is 342 g/mol. The maximum atomic E-state index is 13.1. The lowest BCUT2D eigenvalue weighted by atomic mass is 9.77. The predicted octanol–water partition coefficient (Wildman–Crippen LogP) is 3.59. The second-order valence-corrected chi connectivity index (χ2v) is 7.17. The third kappa shape index (κ3) is 4.48. The molecule has 0 aromatic heterocycles. The summed E-state index contributed by atoms with van der Waals surface area (Å²) in [7, 11) is 0. The second-order valence-electron chi connectivity index (χ2n) is 7.17. The van der Waals surface area contributed by atoms with Gasteiger partial charge in [-0.3, -0.25) is 4.79 Å². The number of carboxylic acid groups (broad SMARTS) is 1. The molecule has 0 radical (unpaired) electrons. The van der Waals surface area contributed by atoms with Crippen LogP contribution in [0.15, 0.2) is 48.5 Å². The molecule has 2 N–H and O–H groups in total. The van der Waals surface area contributed by atoms with E-state index < -0.39 is 11.4 Å². The zero-order valence-corrected chi connectivity index (χ0v) is 15.5. The summed E-state index contributed by atoms with van der Waals surface area (Å²) < 4.78 is 5.20. The first-order valence-electron chi connectivity index (χ1n) is 9.29. The van der Waals surface area contributed by atoms with Crippen LogP contribution in [-0.2, 0) is 21.5 Å². The number of hydrogen-bond donors (Lipinski definition) is 2. The molecule has 142 valence electrons. The molecule has 27 heavy (non-hydrogen) atoms. The van der Waals surface area contributed by atoms with Gasteiger partial charge in [0.2, 0.25) is 5.91 Å². The van der Waals surface area contributed by atoms with E-state index in [-0.39, 0.29) is 12.5 Å². The fourth-order valence-corrected chi connectivity index (χ4v) is 3.81. The molecule has 0 aliphatic heterocycles. The highest BCUT2D eigenvalue weighted by atomic mass is 16.5. The average Bonchev–Trinajstić information content (AvgIpc) is 3.16. The Morgan fingerprint density at radius 1 is 1.11 bits per heavy atom. The van der Waals surface area contributed by atoms with Crippen molar-refractivity contribution in [2.24, 2.45) is 0 Å². The van der Waals surface area contributed by atoms with Gasteiger partial charge in [0.1, 0.15) is 5.75 Å². The minimum atomic E-state index is -1.02. The third-order valence-electron chi connectivity index (χ3n) is 5.18. The van der Waals surface area contributed by atoms with Crippen LogP contribution < -0.4 is 10.1 Å². The summed E-state index contributed by atoms with van der Waals surface area (Å²) in [5.41, 5.74) is 2.68. The fourth-order valence-electron chi connectivity index (χ4n) is 3.81. The molecule has 0 bridgehead atoms. The van der Waals surface area contributed by atoms with Gasteiger partial charge in [0.05, 0.1) is 5.41 Å². The molecule has 0 saturated heterocycles. The number of benzene rings is 2. The zero-order valence-electron chi connectivity index (χ0n) is 15.5. The van der Waals surface area contributed by atoms with Gasteiger partial charge in [-0.2, -0.15) is 0 Å². The lowest BCUT2D eigenvalue weighted by Crippen LogP contribution is -2.42. The summed E-state index contributed by atoms with van der Waals surface area (Å²) in [6.07, 6.45) is 3.84. The first-order valence-corrected chi connectivity index (χ1v) is 9.29. The Labute approximate surface area is 159 Å². The Balaban J connectivity index is 1.70. The monoisotopic (exact) mass is 367 g/mol. The summed E-state index contributed by atoms with van der Waals surface area (Å²) in [5, 5.41) is 11.8. The normalized spacial score (nSPS) is 15.3. The number of nitrogens with one attached hydrogen (secondary N) is 1. The van der Waals surface area contributed by atoms with E-state index in [9.17, 15) is 9.59 Å². The molecule has 1 aliphatic rings. The SMILES string of the molecule is Cc1cccc(C2(C(=O)NCc3cccc(OCC(=O)O)c3)CCCC2)c1. The molecule has 0 unspecified atom stereocenters. The molecular formula is C22H25NO4. The van der Waals surface area contributed by atoms with Gasteiger partial charge in [0.15, 0.2) is 6.61 Å². The molecule has 2 aromatic carbocycles. The van der Waals surface area contributed by atoms with Crippen LogP contribution in [0.4, 0.5) is 0 Å². The minimum absolute atomic E-state index is 0.0578. The van der Waals surface area contributed by atoms with Crippen molar-refractivity contribution in [3.05, 3.63) is 65.2 Å². The summed E-state index contributed by atoms with van der Waals surface area (Å²) in [6.45, 7) is 2.05. The molecule has 1 fully saturated rings. The topological polar surface area (TPSA) is 75.6 Å². The van der Waals surface area contributed by atoms with E-state index in [2.05, 4.69) is 17.4 Å². The molecule has 0 heterocycles. The molecule has 3 rings (SSSR count). The van der Waals surface area contributed by atoms with E-state index >= 15 is 0 Å². The molecule has 1 saturated carbocycles. The maximum absolute atomic E-state index is 13.1. The van der Waals surface area contributed by atoms with Crippen LogP contribution in [0.1, 0.15) is 42.4 Å². The molecule has 5 nitrogen and oxygen atoms in total. The van der Waals surface area contributed by atoms with Crippen LogP contribution in [-0.4, -0.2) is 23.6 Å². The Morgan fingerprint density at radius 3 is 2.56 bits per heavy atom. The highest BCUT2D eigenvalue weighted by Crippen LogP contribution is 2.41. The number of carbonyl (C=O) groups is 2. The third-order valence-corrected chi connectivity index (χ3v) is 5.18. The van der Waals surface area contributed by atoms with Gasteiger partial charge in [-0.05, 0) is 43.0 Å². The number of aryl methyl sites for hydroxylation is 1. The van der Waals surface area contributed by atoms with Crippen molar-refractivity contribution in [3.63, 3.8) is 0 Å². The van der Waals surface area contributed by atoms with Crippen molar-refractivity contribution < 1.29 is 19.4 Å². The number of carboxylic acids is 1. The first kappa shape index (κ1) is 19.0. The van der Waals surface area contributed by atoms with Gasteiger partial charge >= 0.3 is 5.97 Å². The number of carbonyl (C=O) groups excluding carboxylic acids is 1. The first-order chi connectivity index (χ1) is 13.0. The average molecular weight is 367 g/mol. The van der Waals surface area contributed by atoms with Crippen LogP contribution in [0.25, 0.3) is 0 Å². The van der Waals surface area contributed by atoms with E-state index in [1.807, 2.05) is 25.1 Å². The van der Waals surface area contributed by atoms with Gasteiger partial charge in [-0.25, -0.2) is 4.79 Å². The Morgan fingerprint density at radius 2 is 1.85 bits per heavy atom.